The van der Waals surface area contributed by atoms with Crippen LogP contribution < -0.4 is 10.5 Å². The van der Waals surface area contributed by atoms with Gasteiger partial charge in [-0.05, 0) is 25.7 Å². The van der Waals surface area contributed by atoms with Crippen LogP contribution in [0.5, 0.6) is 0 Å². The molecule has 1 aromatic heterocycles. The number of hydrogen-bond donors (Lipinski definition) is 2. The summed E-state index contributed by atoms with van der Waals surface area (Å²) >= 11 is 0. The molecule has 1 saturated carbocycles. The van der Waals surface area contributed by atoms with Gasteiger partial charge >= 0.3 is 6.18 Å². The van der Waals surface area contributed by atoms with Crippen molar-refractivity contribution in [3.05, 3.63) is 17.5 Å². The standard InChI is InChI=1S/C13H18F3N5O3S/c14-13(15,16)11-7-10(21(19-11)9-1-2-9)12(22)18-8-3-5-20(6-4-8)25(17,23)24/h7-9H,1-6H2,(H,18,22)(H2,17,23,24). The zero-order valence-corrected chi connectivity index (χ0v) is 14.0. The van der Waals surface area contributed by atoms with Gasteiger partial charge in [-0.25, -0.2) is 5.14 Å². The number of nitrogens with one attached hydrogen (secondary N) is 1. The molecule has 12 heteroatoms. The molecular formula is C13H18F3N5O3S. The largest absolute Gasteiger partial charge is 0.435 e. The molecule has 0 aromatic carbocycles. The molecule has 140 valence electrons. The monoisotopic (exact) mass is 381 g/mol. The highest BCUT2D eigenvalue weighted by atomic mass is 32.2. The fraction of sp³-hybridized carbons (Fsp3) is 0.692. The van der Waals surface area contributed by atoms with E-state index >= 15 is 0 Å². The molecule has 1 amide bonds. The van der Waals surface area contributed by atoms with Crippen LogP contribution in [0.2, 0.25) is 0 Å². The van der Waals surface area contributed by atoms with Gasteiger partial charge in [-0.15, -0.1) is 0 Å². The lowest BCUT2D eigenvalue weighted by atomic mass is 10.1. The Morgan fingerprint density at radius 1 is 1.24 bits per heavy atom. The van der Waals surface area contributed by atoms with Crippen molar-refractivity contribution in [2.45, 2.75) is 43.9 Å². The molecule has 0 radical (unpaired) electrons. The van der Waals surface area contributed by atoms with Gasteiger partial charge in [-0.3, -0.25) is 9.48 Å². The normalized spacial score (nSPS) is 20.6. The lowest BCUT2D eigenvalue weighted by Crippen LogP contribution is -2.48. The predicted octanol–water partition coefficient (Wildman–Crippen LogP) is 0.635. The van der Waals surface area contributed by atoms with E-state index < -0.39 is 28.0 Å². The van der Waals surface area contributed by atoms with E-state index in [9.17, 15) is 26.4 Å². The van der Waals surface area contributed by atoms with E-state index in [0.717, 1.165) is 15.1 Å². The lowest BCUT2D eigenvalue weighted by Gasteiger charge is -2.30. The van der Waals surface area contributed by atoms with Gasteiger partial charge in [-0.1, -0.05) is 0 Å². The van der Waals surface area contributed by atoms with Crippen molar-refractivity contribution in [3.8, 4) is 0 Å². The first-order valence-electron chi connectivity index (χ1n) is 7.81. The summed E-state index contributed by atoms with van der Waals surface area (Å²) in [6.45, 7) is 0.305. The van der Waals surface area contributed by atoms with Crippen LogP contribution in [0.25, 0.3) is 0 Å². The molecule has 3 N–H and O–H groups in total. The van der Waals surface area contributed by atoms with Crippen LogP contribution in [0, 0.1) is 0 Å². The smallest absolute Gasteiger partial charge is 0.348 e. The van der Waals surface area contributed by atoms with E-state index in [0.29, 0.717) is 25.7 Å². The zero-order valence-electron chi connectivity index (χ0n) is 13.2. The van der Waals surface area contributed by atoms with Crippen molar-refractivity contribution in [1.29, 1.82) is 0 Å². The average Bonchev–Trinajstić information content (AvgIpc) is 3.23. The summed E-state index contributed by atoms with van der Waals surface area (Å²) in [7, 11) is -3.77. The Labute approximate surface area is 142 Å². The molecule has 1 aliphatic carbocycles. The maximum Gasteiger partial charge on any atom is 0.435 e. The third-order valence-electron chi connectivity index (χ3n) is 4.30. The maximum absolute atomic E-state index is 12.9. The highest BCUT2D eigenvalue weighted by Crippen LogP contribution is 2.37. The van der Waals surface area contributed by atoms with E-state index in [-0.39, 0.29) is 30.9 Å². The number of piperidine rings is 1. The number of amides is 1. The molecule has 0 bridgehead atoms. The Kier molecular flexibility index (Phi) is 4.54. The Morgan fingerprint density at radius 2 is 1.84 bits per heavy atom. The first-order chi connectivity index (χ1) is 11.6. The quantitative estimate of drug-likeness (QED) is 0.797. The van der Waals surface area contributed by atoms with E-state index in [4.69, 9.17) is 5.14 Å². The molecule has 2 fully saturated rings. The van der Waals surface area contributed by atoms with Crippen molar-refractivity contribution in [3.63, 3.8) is 0 Å². The van der Waals surface area contributed by atoms with Crippen LogP contribution in [-0.2, 0) is 16.4 Å². The van der Waals surface area contributed by atoms with Gasteiger partial charge in [0.2, 0.25) is 0 Å². The van der Waals surface area contributed by atoms with Gasteiger partial charge in [0.15, 0.2) is 5.69 Å². The number of alkyl halides is 3. The summed E-state index contributed by atoms with van der Waals surface area (Å²) in [6, 6.07) is 0.246. The SMILES string of the molecule is NS(=O)(=O)N1CCC(NC(=O)c2cc(C(F)(F)F)nn2C2CC2)CC1. The average molecular weight is 381 g/mol. The molecule has 25 heavy (non-hydrogen) atoms. The van der Waals surface area contributed by atoms with E-state index in [1.165, 1.54) is 0 Å². The van der Waals surface area contributed by atoms with Crippen LogP contribution in [0.4, 0.5) is 13.2 Å². The fourth-order valence-electron chi connectivity index (χ4n) is 2.81. The highest BCUT2D eigenvalue weighted by Gasteiger charge is 2.39. The molecule has 1 aliphatic heterocycles. The third-order valence-corrected chi connectivity index (χ3v) is 5.39. The second kappa shape index (κ2) is 6.25. The van der Waals surface area contributed by atoms with Gasteiger partial charge in [-0.2, -0.15) is 31.0 Å². The summed E-state index contributed by atoms with van der Waals surface area (Å²) in [5.41, 5.74) is -1.21. The number of nitrogens with zero attached hydrogens (tertiary/aromatic N) is 3. The molecule has 0 unspecified atom stereocenters. The minimum atomic E-state index is -4.62. The van der Waals surface area contributed by atoms with Crippen LogP contribution in [0.3, 0.4) is 0 Å². The summed E-state index contributed by atoms with van der Waals surface area (Å²) < 4.78 is 63.3. The summed E-state index contributed by atoms with van der Waals surface area (Å²) in [6.07, 6.45) is -2.56. The molecule has 0 atom stereocenters. The number of hydrogen-bond acceptors (Lipinski definition) is 4. The molecule has 1 saturated heterocycles. The van der Waals surface area contributed by atoms with Crippen molar-refractivity contribution in [1.82, 2.24) is 19.4 Å². The van der Waals surface area contributed by atoms with Crippen molar-refractivity contribution < 1.29 is 26.4 Å². The minimum Gasteiger partial charge on any atom is -0.348 e. The van der Waals surface area contributed by atoms with Crippen molar-refractivity contribution >= 4 is 16.1 Å². The first kappa shape index (κ1) is 18.1. The second-order valence-electron chi connectivity index (χ2n) is 6.28. The topological polar surface area (TPSA) is 110 Å². The van der Waals surface area contributed by atoms with Gasteiger partial charge in [0.05, 0.1) is 6.04 Å². The molecular weight excluding hydrogens is 363 g/mol. The number of aromatic nitrogens is 2. The predicted molar refractivity (Wildman–Crippen MR) is 80.7 cm³/mol. The number of carbonyl (C=O) groups excluding carboxylic acids is 1. The summed E-state index contributed by atoms with van der Waals surface area (Å²) in [4.78, 5) is 12.4. The Hall–Kier alpha value is -1.66. The van der Waals surface area contributed by atoms with Gasteiger partial charge < -0.3 is 5.32 Å². The number of halogens is 3. The maximum atomic E-state index is 12.9. The van der Waals surface area contributed by atoms with E-state index in [1.807, 2.05) is 0 Å². The van der Waals surface area contributed by atoms with Gasteiger partial charge in [0.25, 0.3) is 16.1 Å². The highest BCUT2D eigenvalue weighted by molar-refractivity contribution is 7.86. The van der Waals surface area contributed by atoms with Crippen LogP contribution in [0.1, 0.15) is 47.9 Å². The number of nitrogens with two attached hydrogens (primary N) is 1. The number of rotatable bonds is 4. The van der Waals surface area contributed by atoms with Crippen molar-refractivity contribution in [2.24, 2.45) is 5.14 Å². The summed E-state index contributed by atoms with van der Waals surface area (Å²) in [5, 5.41) is 11.2. The second-order valence-corrected chi connectivity index (χ2v) is 7.83. The van der Waals surface area contributed by atoms with Gasteiger partial charge in [0.1, 0.15) is 5.69 Å². The van der Waals surface area contributed by atoms with Crippen LogP contribution in [-0.4, -0.2) is 47.5 Å². The molecule has 1 aromatic rings. The Morgan fingerprint density at radius 3 is 2.32 bits per heavy atom. The van der Waals surface area contributed by atoms with Crippen LogP contribution in [0.15, 0.2) is 6.07 Å². The Bertz CT molecular complexity index is 764. The van der Waals surface area contributed by atoms with Crippen molar-refractivity contribution in [2.75, 3.05) is 13.1 Å². The third kappa shape index (κ3) is 4.12. The van der Waals surface area contributed by atoms with E-state index in [2.05, 4.69) is 10.4 Å². The lowest BCUT2D eigenvalue weighted by molar-refractivity contribution is -0.141. The first-order valence-corrected chi connectivity index (χ1v) is 9.31. The van der Waals surface area contributed by atoms with E-state index in [1.54, 1.807) is 0 Å². The summed E-state index contributed by atoms with van der Waals surface area (Å²) in [5.74, 6) is -0.635. The van der Waals surface area contributed by atoms with Gasteiger partial charge in [0, 0.05) is 25.2 Å². The molecule has 8 nitrogen and oxygen atoms in total. The molecule has 2 heterocycles. The minimum absolute atomic E-state index is 0.122. The molecule has 2 aliphatic rings. The zero-order chi connectivity index (χ0) is 18.4. The molecule has 3 rings (SSSR count). The molecule has 0 spiro atoms. The van der Waals surface area contributed by atoms with Crippen LogP contribution >= 0.6 is 0 Å². The number of carbonyl (C=O) groups is 1. The fourth-order valence-corrected chi connectivity index (χ4v) is 3.53. The Balaban J connectivity index is 1.69.